The van der Waals surface area contributed by atoms with Gasteiger partial charge in [-0.15, -0.1) is 11.3 Å². The lowest BCUT2D eigenvalue weighted by atomic mass is 10.0. The zero-order chi connectivity index (χ0) is 10.5. The second-order valence-electron chi connectivity index (χ2n) is 4.06. The Bertz CT molecular complexity index is 297. The average Bonchev–Trinajstić information content (AvgIpc) is 2.79. The van der Waals surface area contributed by atoms with Crippen LogP contribution in [0, 0.1) is 0 Å². The molecule has 1 unspecified atom stereocenters. The molecule has 82 valence electrons. The van der Waals surface area contributed by atoms with E-state index >= 15 is 0 Å². The topological polar surface area (TPSA) is 20.3 Å². The molecule has 0 amide bonds. The predicted molar refractivity (Wildman–Crippen MR) is 63.3 cm³/mol. The zero-order valence-electron chi connectivity index (χ0n) is 8.89. The van der Waals surface area contributed by atoms with Gasteiger partial charge in [0, 0.05) is 11.4 Å². The van der Waals surface area contributed by atoms with Gasteiger partial charge < -0.3 is 4.79 Å². The highest BCUT2D eigenvalue weighted by Gasteiger charge is 2.20. The SMILES string of the molecule is O=CC1CCCCN1CCc1cccs1. The Morgan fingerprint density at radius 1 is 1.53 bits per heavy atom. The molecule has 1 atom stereocenters. The van der Waals surface area contributed by atoms with Crippen LogP contribution in [0.4, 0.5) is 0 Å². The molecule has 2 heterocycles. The quantitative estimate of drug-likeness (QED) is 0.730. The summed E-state index contributed by atoms with van der Waals surface area (Å²) in [6.45, 7) is 2.12. The number of thiophene rings is 1. The van der Waals surface area contributed by atoms with Crippen molar-refractivity contribution in [1.29, 1.82) is 0 Å². The van der Waals surface area contributed by atoms with Gasteiger partial charge in [0.2, 0.25) is 0 Å². The minimum atomic E-state index is 0.179. The molecule has 2 nitrogen and oxygen atoms in total. The smallest absolute Gasteiger partial charge is 0.137 e. The molecule has 0 saturated carbocycles. The molecule has 1 aromatic heterocycles. The third kappa shape index (κ3) is 2.89. The summed E-state index contributed by atoms with van der Waals surface area (Å²) >= 11 is 1.81. The molecule has 1 aliphatic rings. The molecule has 2 rings (SSSR count). The van der Waals surface area contributed by atoms with E-state index in [9.17, 15) is 4.79 Å². The summed E-state index contributed by atoms with van der Waals surface area (Å²) in [4.78, 5) is 14.6. The van der Waals surface area contributed by atoms with Crippen LogP contribution in [0.3, 0.4) is 0 Å². The number of hydrogen-bond donors (Lipinski definition) is 0. The molecule has 1 aliphatic heterocycles. The zero-order valence-corrected chi connectivity index (χ0v) is 9.71. The van der Waals surface area contributed by atoms with Gasteiger partial charge in [-0.3, -0.25) is 4.90 Å². The minimum Gasteiger partial charge on any atom is -0.302 e. The van der Waals surface area contributed by atoms with E-state index in [1.54, 1.807) is 11.3 Å². The Labute approximate surface area is 94.9 Å². The van der Waals surface area contributed by atoms with Gasteiger partial charge in [-0.2, -0.15) is 0 Å². The Balaban J connectivity index is 1.84. The average molecular weight is 223 g/mol. The first-order valence-corrected chi connectivity index (χ1v) is 6.50. The summed E-state index contributed by atoms with van der Waals surface area (Å²) in [6.07, 6.45) is 5.71. The predicted octanol–water partition coefficient (Wildman–Crippen LogP) is 2.34. The maximum absolute atomic E-state index is 10.9. The summed E-state index contributed by atoms with van der Waals surface area (Å²) in [5.74, 6) is 0. The number of nitrogens with zero attached hydrogens (tertiary/aromatic N) is 1. The summed E-state index contributed by atoms with van der Waals surface area (Å²) < 4.78 is 0. The van der Waals surface area contributed by atoms with Crippen LogP contribution in [0.15, 0.2) is 17.5 Å². The lowest BCUT2D eigenvalue weighted by molar-refractivity contribution is -0.113. The molecule has 1 saturated heterocycles. The molecule has 0 spiro atoms. The molecular formula is C12H17NOS. The Kier molecular flexibility index (Phi) is 3.92. The third-order valence-corrected chi connectivity index (χ3v) is 3.98. The molecule has 15 heavy (non-hydrogen) atoms. The van der Waals surface area contributed by atoms with Crippen molar-refractivity contribution in [1.82, 2.24) is 4.90 Å². The Hall–Kier alpha value is -0.670. The maximum Gasteiger partial charge on any atom is 0.137 e. The minimum absolute atomic E-state index is 0.179. The number of carbonyl (C=O) groups is 1. The Morgan fingerprint density at radius 3 is 3.20 bits per heavy atom. The normalized spacial score (nSPS) is 22.8. The molecular weight excluding hydrogens is 206 g/mol. The van der Waals surface area contributed by atoms with Gasteiger partial charge in [0.1, 0.15) is 6.29 Å². The fourth-order valence-electron chi connectivity index (χ4n) is 2.16. The van der Waals surface area contributed by atoms with Crippen molar-refractivity contribution in [2.45, 2.75) is 31.7 Å². The van der Waals surface area contributed by atoms with Gasteiger partial charge >= 0.3 is 0 Å². The van der Waals surface area contributed by atoms with Crippen LogP contribution >= 0.6 is 11.3 Å². The number of piperidine rings is 1. The molecule has 0 aliphatic carbocycles. The summed E-state index contributed by atoms with van der Waals surface area (Å²) in [5.41, 5.74) is 0. The number of hydrogen-bond acceptors (Lipinski definition) is 3. The number of likely N-dealkylation sites (tertiary alicyclic amines) is 1. The van der Waals surface area contributed by atoms with Crippen molar-refractivity contribution in [2.75, 3.05) is 13.1 Å². The molecule has 1 aromatic rings. The summed E-state index contributed by atoms with van der Waals surface area (Å²) in [7, 11) is 0. The molecule has 3 heteroatoms. The van der Waals surface area contributed by atoms with E-state index in [2.05, 4.69) is 22.4 Å². The van der Waals surface area contributed by atoms with Gasteiger partial charge in [0.05, 0.1) is 6.04 Å². The lowest BCUT2D eigenvalue weighted by Gasteiger charge is -2.31. The lowest BCUT2D eigenvalue weighted by Crippen LogP contribution is -2.41. The number of carbonyl (C=O) groups excluding carboxylic acids is 1. The van der Waals surface area contributed by atoms with Crippen molar-refractivity contribution in [3.63, 3.8) is 0 Å². The maximum atomic E-state index is 10.9. The molecule has 0 N–H and O–H groups in total. The van der Waals surface area contributed by atoms with Crippen LogP contribution < -0.4 is 0 Å². The highest BCUT2D eigenvalue weighted by Crippen LogP contribution is 2.17. The standard InChI is InChI=1S/C12H17NOS/c14-10-11-4-1-2-7-13(11)8-6-12-5-3-9-15-12/h3,5,9-11H,1-2,4,6-8H2. The fraction of sp³-hybridized carbons (Fsp3) is 0.583. The van der Waals surface area contributed by atoms with E-state index in [1.165, 1.54) is 17.7 Å². The fourth-order valence-corrected chi connectivity index (χ4v) is 2.86. The molecule has 1 fully saturated rings. The van der Waals surface area contributed by atoms with Crippen LogP contribution in [0.1, 0.15) is 24.1 Å². The van der Waals surface area contributed by atoms with E-state index in [-0.39, 0.29) is 6.04 Å². The van der Waals surface area contributed by atoms with Crippen molar-refractivity contribution in [3.05, 3.63) is 22.4 Å². The van der Waals surface area contributed by atoms with Crippen LogP contribution in [0.2, 0.25) is 0 Å². The molecule has 0 bridgehead atoms. The second-order valence-corrected chi connectivity index (χ2v) is 5.10. The first-order valence-electron chi connectivity index (χ1n) is 5.62. The largest absolute Gasteiger partial charge is 0.302 e. The van der Waals surface area contributed by atoms with E-state index < -0.39 is 0 Å². The van der Waals surface area contributed by atoms with Gasteiger partial charge in [-0.25, -0.2) is 0 Å². The second kappa shape index (κ2) is 5.42. The first-order chi connectivity index (χ1) is 7.40. The summed E-state index contributed by atoms with van der Waals surface area (Å²) in [5, 5.41) is 2.11. The van der Waals surface area contributed by atoms with Gasteiger partial charge in [0.25, 0.3) is 0 Å². The van der Waals surface area contributed by atoms with Crippen molar-refractivity contribution < 1.29 is 4.79 Å². The Morgan fingerprint density at radius 2 is 2.47 bits per heavy atom. The molecule has 0 radical (unpaired) electrons. The third-order valence-electron chi connectivity index (χ3n) is 3.05. The van der Waals surface area contributed by atoms with Gasteiger partial charge in [0.15, 0.2) is 0 Å². The van der Waals surface area contributed by atoms with Crippen LogP contribution in [-0.2, 0) is 11.2 Å². The first kappa shape index (κ1) is 10.8. The highest BCUT2D eigenvalue weighted by atomic mass is 32.1. The van der Waals surface area contributed by atoms with Gasteiger partial charge in [-0.05, 0) is 37.3 Å². The van der Waals surface area contributed by atoms with Crippen molar-refractivity contribution in [3.8, 4) is 0 Å². The highest BCUT2D eigenvalue weighted by molar-refractivity contribution is 7.09. The van der Waals surface area contributed by atoms with Crippen LogP contribution in [0.5, 0.6) is 0 Å². The van der Waals surface area contributed by atoms with Crippen LogP contribution in [0.25, 0.3) is 0 Å². The molecule has 0 aromatic carbocycles. The van der Waals surface area contributed by atoms with E-state index in [0.29, 0.717) is 0 Å². The van der Waals surface area contributed by atoms with E-state index in [1.807, 2.05) is 0 Å². The number of aldehydes is 1. The van der Waals surface area contributed by atoms with Crippen molar-refractivity contribution >= 4 is 17.6 Å². The van der Waals surface area contributed by atoms with E-state index in [4.69, 9.17) is 0 Å². The monoisotopic (exact) mass is 223 g/mol. The van der Waals surface area contributed by atoms with Gasteiger partial charge in [-0.1, -0.05) is 12.5 Å². The summed E-state index contributed by atoms with van der Waals surface area (Å²) in [6, 6.07) is 4.44. The number of rotatable bonds is 4. The van der Waals surface area contributed by atoms with Crippen LogP contribution in [-0.4, -0.2) is 30.3 Å². The van der Waals surface area contributed by atoms with Crippen molar-refractivity contribution in [2.24, 2.45) is 0 Å². The van der Waals surface area contributed by atoms with E-state index in [0.717, 1.165) is 32.2 Å².